The van der Waals surface area contributed by atoms with Crippen LogP contribution in [0.15, 0.2) is 60.7 Å². The molecule has 9 nitrogen and oxygen atoms in total. The van der Waals surface area contributed by atoms with E-state index in [1.165, 1.54) is 32.0 Å². The number of carbonyl (C=O) groups excluding carboxylic acids is 4. The molecule has 0 unspecified atom stereocenters. The molecule has 46 heavy (non-hydrogen) atoms. The van der Waals surface area contributed by atoms with Crippen molar-refractivity contribution in [1.29, 1.82) is 0 Å². The minimum absolute atomic E-state index is 0.0880. The van der Waals surface area contributed by atoms with Gasteiger partial charge < -0.3 is 15.5 Å². The normalized spacial score (nSPS) is 14.8. The first-order valence-corrected chi connectivity index (χ1v) is 13.6. The molecular weight excluding hydrogens is 654 g/mol. The van der Waals surface area contributed by atoms with Gasteiger partial charge >= 0.3 is 23.7 Å². The molecule has 3 aromatic rings. The molecule has 0 saturated carbocycles. The van der Waals surface area contributed by atoms with Crippen LogP contribution in [-0.2, 0) is 17.5 Å². The number of urea groups is 2. The molecule has 1 aliphatic rings. The summed E-state index contributed by atoms with van der Waals surface area (Å²) in [6, 6.07) is 7.46. The average Bonchev–Trinajstić information content (AvgIpc) is 3.11. The van der Waals surface area contributed by atoms with Crippen molar-refractivity contribution < 1.29 is 54.3 Å². The highest BCUT2D eigenvalue weighted by Crippen LogP contribution is 2.38. The lowest BCUT2D eigenvalue weighted by Gasteiger charge is -2.28. The summed E-state index contributed by atoms with van der Waals surface area (Å²) in [5.41, 5.74) is -8.66. The molecule has 244 valence electrons. The fourth-order valence-electron chi connectivity index (χ4n) is 4.32. The van der Waals surface area contributed by atoms with E-state index in [2.05, 4.69) is 10.6 Å². The largest absolute Gasteiger partial charge is 0.461 e. The molecule has 1 aliphatic heterocycles. The summed E-state index contributed by atoms with van der Waals surface area (Å²) in [4.78, 5) is 52.6. The third-order valence-corrected chi connectivity index (χ3v) is 7.17. The summed E-state index contributed by atoms with van der Waals surface area (Å²) in [7, 11) is 0. The maximum absolute atomic E-state index is 14.2. The van der Waals surface area contributed by atoms with Gasteiger partial charge in [-0.25, -0.2) is 23.3 Å². The molecule has 0 aliphatic carbocycles. The molecule has 1 fully saturated rings. The minimum Gasteiger partial charge on any atom is -0.308 e. The van der Waals surface area contributed by atoms with Crippen molar-refractivity contribution >= 4 is 52.9 Å². The Morgan fingerprint density at radius 3 is 2.13 bits per heavy atom. The molecule has 3 N–H and O–H groups in total. The number of alkyl halides is 6. The lowest BCUT2D eigenvalue weighted by molar-refractivity contribution is -0.140. The average molecular weight is 676 g/mol. The highest BCUT2D eigenvalue weighted by atomic mass is 32.2. The smallest absolute Gasteiger partial charge is 0.308 e. The molecule has 0 atom stereocenters. The van der Waals surface area contributed by atoms with E-state index in [1.54, 1.807) is 4.72 Å². The predicted molar refractivity (Wildman–Crippen MR) is 151 cm³/mol. The quantitative estimate of drug-likeness (QED) is 0.139. The van der Waals surface area contributed by atoms with Gasteiger partial charge in [-0.05, 0) is 74.0 Å². The molecule has 1 heterocycles. The van der Waals surface area contributed by atoms with Crippen molar-refractivity contribution in [3.05, 3.63) is 89.0 Å². The number of benzene rings is 3. The molecule has 0 spiro atoms. The van der Waals surface area contributed by atoms with E-state index in [4.69, 9.17) is 0 Å². The Hall–Kier alpha value is -4.87. The van der Waals surface area contributed by atoms with Gasteiger partial charge in [0, 0.05) is 11.3 Å². The Balaban J connectivity index is 1.51. The number of hydrogen-bond acceptors (Lipinski definition) is 5. The lowest BCUT2D eigenvalue weighted by atomic mass is 10.0. The van der Waals surface area contributed by atoms with Crippen LogP contribution in [0.3, 0.4) is 0 Å². The zero-order valence-corrected chi connectivity index (χ0v) is 24.3. The van der Waals surface area contributed by atoms with Crippen LogP contribution >= 0.6 is 11.9 Å². The molecule has 4 rings (SSSR count). The number of amides is 6. The highest BCUT2D eigenvalue weighted by molar-refractivity contribution is 7.98. The van der Waals surface area contributed by atoms with Gasteiger partial charge in [0.2, 0.25) is 0 Å². The van der Waals surface area contributed by atoms with Gasteiger partial charge in [0.05, 0.1) is 35.4 Å². The molecular formula is C28H21F8N5O4S. The number of halogens is 8. The van der Waals surface area contributed by atoms with Crippen molar-refractivity contribution in [2.75, 3.05) is 15.5 Å². The van der Waals surface area contributed by atoms with Gasteiger partial charge in [0.1, 0.15) is 17.2 Å². The second-order valence-electron chi connectivity index (χ2n) is 10.2. The SMILES string of the molecule is CC1(C)C(=O)N(c2ccc(F)c(C(F)(F)F)c2)C(=O)N1Cc1ccc(F)cc1NC(=O)Nc1ccc(C(=O)NSC(F)(F)F)cc1. The molecule has 18 heteroatoms. The van der Waals surface area contributed by atoms with Crippen molar-refractivity contribution in [3.63, 3.8) is 0 Å². The molecule has 0 bridgehead atoms. The van der Waals surface area contributed by atoms with Crippen molar-refractivity contribution in [3.8, 4) is 0 Å². The molecule has 3 aromatic carbocycles. The van der Waals surface area contributed by atoms with Gasteiger partial charge in [0.25, 0.3) is 11.8 Å². The monoisotopic (exact) mass is 675 g/mol. The summed E-state index contributed by atoms with van der Waals surface area (Å²) < 4.78 is 106. The van der Waals surface area contributed by atoms with Gasteiger partial charge in [-0.1, -0.05) is 6.07 Å². The first-order chi connectivity index (χ1) is 21.3. The van der Waals surface area contributed by atoms with Crippen LogP contribution < -0.4 is 20.3 Å². The van der Waals surface area contributed by atoms with Gasteiger partial charge in [-0.2, -0.15) is 26.3 Å². The predicted octanol–water partition coefficient (Wildman–Crippen LogP) is 7.27. The zero-order chi connectivity index (χ0) is 34.2. The van der Waals surface area contributed by atoms with E-state index in [1.807, 2.05) is 0 Å². The third-order valence-electron chi connectivity index (χ3n) is 6.65. The van der Waals surface area contributed by atoms with Crippen LogP contribution in [0.4, 0.5) is 61.8 Å². The topological polar surface area (TPSA) is 111 Å². The van der Waals surface area contributed by atoms with E-state index in [0.29, 0.717) is 17.0 Å². The molecule has 0 radical (unpaired) electrons. The number of hydrogen-bond donors (Lipinski definition) is 3. The van der Waals surface area contributed by atoms with Crippen LogP contribution in [0, 0.1) is 11.6 Å². The first kappa shape index (κ1) is 34.0. The van der Waals surface area contributed by atoms with E-state index in [-0.39, 0.29) is 22.5 Å². The summed E-state index contributed by atoms with van der Waals surface area (Å²) in [5, 5.41) is 4.75. The fourth-order valence-corrected chi connectivity index (χ4v) is 4.65. The van der Waals surface area contributed by atoms with Gasteiger partial charge in [-0.15, -0.1) is 0 Å². The van der Waals surface area contributed by atoms with Crippen molar-refractivity contribution in [2.45, 2.75) is 37.6 Å². The number of anilines is 3. The van der Waals surface area contributed by atoms with E-state index >= 15 is 0 Å². The van der Waals surface area contributed by atoms with Crippen LogP contribution in [0.1, 0.15) is 35.3 Å². The minimum atomic E-state index is -5.11. The standard InChI is InChI=1S/C28H21F8N5O4S/c1-26(2)23(43)41(18-9-10-20(30)19(12-18)27(31,32)33)25(45)40(26)13-15-3-6-16(29)11-21(15)38-24(44)37-17-7-4-14(5-8-17)22(42)39-46-28(34,35)36/h3-12H,13H2,1-2H3,(H,39,42)(H2,37,38,44). The number of rotatable bonds is 7. The summed E-state index contributed by atoms with van der Waals surface area (Å²) in [6.45, 7) is 2.20. The Bertz CT molecular complexity index is 1700. The van der Waals surface area contributed by atoms with Gasteiger partial charge in [-0.3, -0.25) is 14.3 Å². The maximum Gasteiger partial charge on any atom is 0.461 e. The number of carbonyl (C=O) groups is 4. The zero-order valence-electron chi connectivity index (χ0n) is 23.4. The third kappa shape index (κ3) is 7.49. The van der Waals surface area contributed by atoms with Crippen molar-refractivity contribution in [2.24, 2.45) is 0 Å². The van der Waals surface area contributed by atoms with Crippen LogP contribution in [0.2, 0.25) is 0 Å². The molecule has 1 saturated heterocycles. The van der Waals surface area contributed by atoms with Crippen LogP contribution in [0.5, 0.6) is 0 Å². The maximum atomic E-state index is 14.2. The Morgan fingerprint density at radius 1 is 0.870 bits per heavy atom. The summed E-state index contributed by atoms with van der Waals surface area (Å²) in [5.74, 6) is -4.38. The first-order valence-electron chi connectivity index (χ1n) is 12.8. The second kappa shape index (κ2) is 12.5. The Labute approximate surface area is 259 Å². The van der Waals surface area contributed by atoms with E-state index < -0.39 is 82.5 Å². The second-order valence-corrected chi connectivity index (χ2v) is 11.0. The van der Waals surface area contributed by atoms with E-state index in [9.17, 15) is 54.3 Å². The molecule has 0 aromatic heterocycles. The van der Waals surface area contributed by atoms with Crippen molar-refractivity contribution in [1.82, 2.24) is 9.62 Å². The number of nitrogens with one attached hydrogen (secondary N) is 3. The number of imide groups is 1. The number of nitrogens with zero attached hydrogens (tertiary/aromatic N) is 2. The Kier molecular flexibility index (Phi) is 9.24. The van der Waals surface area contributed by atoms with Crippen LogP contribution in [-0.4, -0.2) is 39.8 Å². The van der Waals surface area contributed by atoms with E-state index in [0.717, 1.165) is 35.2 Å². The lowest BCUT2D eigenvalue weighted by Crippen LogP contribution is -2.43. The fraction of sp³-hybridized carbons (Fsp3) is 0.214. The summed E-state index contributed by atoms with van der Waals surface area (Å²) >= 11 is -0.743. The highest BCUT2D eigenvalue weighted by Gasteiger charge is 2.52. The van der Waals surface area contributed by atoms with Crippen LogP contribution in [0.25, 0.3) is 0 Å². The van der Waals surface area contributed by atoms with Gasteiger partial charge in [0.15, 0.2) is 0 Å². The summed E-state index contributed by atoms with van der Waals surface area (Å²) in [6.07, 6.45) is -5.11. The molecule has 6 amide bonds. The Morgan fingerprint density at radius 2 is 1.52 bits per heavy atom.